The van der Waals surface area contributed by atoms with Crippen LogP contribution in [0.25, 0.3) is 0 Å². The van der Waals surface area contributed by atoms with Crippen molar-refractivity contribution in [2.24, 2.45) is 0 Å². The molecular formula is C14H20FN3. The molecule has 1 aromatic rings. The van der Waals surface area contributed by atoms with Gasteiger partial charge in [0.1, 0.15) is 5.82 Å². The summed E-state index contributed by atoms with van der Waals surface area (Å²) in [5, 5.41) is 12.2. The topological polar surface area (TPSA) is 39.1 Å². The van der Waals surface area contributed by atoms with Crippen LogP contribution in [-0.4, -0.2) is 31.1 Å². The van der Waals surface area contributed by atoms with E-state index in [0.717, 1.165) is 6.54 Å². The molecule has 0 saturated heterocycles. The highest BCUT2D eigenvalue weighted by Gasteiger charge is 2.19. The second-order valence-electron chi connectivity index (χ2n) is 5.22. The highest BCUT2D eigenvalue weighted by molar-refractivity contribution is 5.37. The van der Waals surface area contributed by atoms with Crippen molar-refractivity contribution >= 4 is 0 Å². The fourth-order valence-corrected chi connectivity index (χ4v) is 1.48. The predicted molar refractivity (Wildman–Crippen MR) is 70.6 cm³/mol. The van der Waals surface area contributed by atoms with E-state index in [4.69, 9.17) is 5.26 Å². The van der Waals surface area contributed by atoms with Gasteiger partial charge in [0.15, 0.2) is 0 Å². The van der Waals surface area contributed by atoms with E-state index < -0.39 is 0 Å². The van der Waals surface area contributed by atoms with E-state index in [1.54, 1.807) is 0 Å². The Bertz CT molecular complexity index is 447. The standard InChI is InChI=1S/C14H20FN3/c1-14(2,18(3)4)10-17-9-12-7-13(15)6-5-11(12)8-16/h5-7,17H,9-10H2,1-4H3. The summed E-state index contributed by atoms with van der Waals surface area (Å²) >= 11 is 0. The van der Waals surface area contributed by atoms with Crippen LogP contribution in [0.15, 0.2) is 18.2 Å². The number of halogens is 1. The molecule has 1 aromatic carbocycles. The van der Waals surface area contributed by atoms with Crippen LogP contribution in [0.2, 0.25) is 0 Å². The Morgan fingerprint density at radius 2 is 2.06 bits per heavy atom. The van der Waals surface area contributed by atoms with E-state index in [0.29, 0.717) is 17.7 Å². The number of nitrogens with one attached hydrogen (secondary N) is 1. The molecule has 3 nitrogen and oxygen atoms in total. The van der Waals surface area contributed by atoms with Gasteiger partial charge in [-0.25, -0.2) is 4.39 Å². The maximum absolute atomic E-state index is 13.1. The van der Waals surface area contributed by atoms with Crippen LogP contribution < -0.4 is 5.32 Å². The average molecular weight is 249 g/mol. The minimum absolute atomic E-state index is 0.0140. The molecule has 1 rings (SSSR count). The highest BCUT2D eigenvalue weighted by atomic mass is 19.1. The third kappa shape index (κ3) is 3.80. The van der Waals surface area contributed by atoms with Gasteiger partial charge in [-0.05, 0) is 51.7 Å². The van der Waals surface area contributed by atoms with Crippen molar-refractivity contribution in [2.45, 2.75) is 25.9 Å². The lowest BCUT2D eigenvalue weighted by Crippen LogP contribution is -2.46. The van der Waals surface area contributed by atoms with Gasteiger partial charge >= 0.3 is 0 Å². The monoisotopic (exact) mass is 249 g/mol. The molecule has 1 N–H and O–H groups in total. The number of hydrogen-bond donors (Lipinski definition) is 1. The lowest BCUT2D eigenvalue weighted by Gasteiger charge is -2.32. The van der Waals surface area contributed by atoms with Crippen LogP contribution >= 0.6 is 0 Å². The van der Waals surface area contributed by atoms with Crippen molar-refractivity contribution in [3.63, 3.8) is 0 Å². The van der Waals surface area contributed by atoms with Crippen LogP contribution in [0.4, 0.5) is 4.39 Å². The van der Waals surface area contributed by atoms with E-state index in [-0.39, 0.29) is 11.4 Å². The Morgan fingerprint density at radius 1 is 1.39 bits per heavy atom. The molecule has 0 atom stereocenters. The molecule has 0 radical (unpaired) electrons. The number of nitrogens with zero attached hydrogens (tertiary/aromatic N) is 2. The maximum Gasteiger partial charge on any atom is 0.123 e. The van der Waals surface area contributed by atoms with E-state index in [1.807, 2.05) is 14.1 Å². The number of nitriles is 1. The molecule has 0 fully saturated rings. The Labute approximate surface area is 108 Å². The molecule has 0 spiro atoms. The zero-order chi connectivity index (χ0) is 13.8. The average Bonchev–Trinajstić information content (AvgIpc) is 2.29. The molecule has 0 amide bonds. The van der Waals surface area contributed by atoms with Gasteiger partial charge in [0.05, 0.1) is 11.6 Å². The quantitative estimate of drug-likeness (QED) is 0.869. The summed E-state index contributed by atoms with van der Waals surface area (Å²) in [6.07, 6.45) is 0. The number of rotatable bonds is 5. The van der Waals surface area contributed by atoms with Crippen molar-refractivity contribution in [2.75, 3.05) is 20.6 Å². The third-order valence-corrected chi connectivity index (χ3v) is 3.27. The molecule has 0 aromatic heterocycles. The zero-order valence-electron chi connectivity index (χ0n) is 11.4. The van der Waals surface area contributed by atoms with Gasteiger partial charge in [0, 0.05) is 18.6 Å². The Balaban J connectivity index is 2.65. The maximum atomic E-state index is 13.1. The van der Waals surface area contributed by atoms with E-state index in [9.17, 15) is 4.39 Å². The fourth-order valence-electron chi connectivity index (χ4n) is 1.48. The first-order valence-corrected chi connectivity index (χ1v) is 5.93. The van der Waals surface area contributed by atoms with E-state index in [2.05, 4.69) is 30.1 Å². The van der Waals surface area contributed by atoms with Gasteiger partial charge in [-0.3, -0.25) is 0 Å². The molecule has 0 aliphatic carbocycles. The first kappa shape index (κ1) is 14.6. The van der Waals surface area contributed by atoms with Crippen molar-refractivity contribution < 1.29 is 4.39 Å². The van der Waals surface area contributed by atoms with Gasteiger partial charge in [0.25, 0.3) is 0 Å². The summed E-state index contributed by atoms with van der Waals surface area (Å²) in [6, 6.07) is 6.32. The zero-order valence-corrected chi connectivity index (χ0v) is 11.4. The van der Waals surface area contributed by atoms with Crippen molar-refractivity contribution in [3.05, 3.63) is 35.1 Å². The lowest BCUT2D eigenvalue weighted by molar-refractivity contribution is 0.189. The Kier molecular flexibility index (Phi) is 4.83. The second-order valence-corrected chi connectivity index (χ2v) is 5.22. The first-order chi connectivity index (χ1) is 8.36. The van der Waals surface area contributed by atoms with Crippen molar-refractivity contribution in [3.8, 4) is 6.07 Å². The summed E-state index contributed by atoms with van der Waals surface area (Å²) in [5.41, 5.74) is 1.23. The first-order valence-electron chi connectivity index (χ1n) is 5.93. The molecule has 98 valence electrons. The summed E-state index contributed by atoms with van der Waals surface area (Å²) in [5.74, 6) is -0.308. The van der Waals surface area contributed by atoms with Gasteiger partial charge in [0.2, 0.25) is 0 Å². The summed E-state index contributed by atoms with van der Waals surface area (Å²) in [6.45, 7) is 5.51. The molecule has 0 heterocycles. The molecular weight excluding hydrogens is 229 g/mol. The van der Waals surface area contributed by atoms with Gasteiger partial charge in [-0.1, -0.05) is 0 Å². The minimum atomic E-state index is -0.308. The fraction of sp³-hybridized carbons (Fsp3) is 0.500. The largest absolute Gasteiger partial charge is 0.311 e. The number of hydrogen-bond acceptors (Lipinski definition) is 3. The van der Waals surface area contributed by atoms with Crippen LogP contribution in [0.3, 0.4) is 0 Å². The molecule has 18 heavy (non-hydrogen) atoms. The molecule has 4 heteroatoms. The van der Waals surface area contributed by atoms with E-state index in [1.165, 1.54) is 18.2 Å². The van der Waals surface area contributed by atoms with Gasteiger partial charge in [-0.15, -0.1) is 0 Å². The van der Waals surface area contributed by atoms with Crippen LogP contribution in [0, 0.1) is 17.1 Å². The molecule has 0 unspecified atom stereocenters. The van der Waals surface area contributed by atoms with Crippen LogP contribution in [-0.2, 0) is 6.54 Å². The number of likely N-dealkylation sites (N-methyl/N-ethyl adjacent to an activating group) is 1. The lowest BCUT2D eigenvalue weighted by atomic mass is 10.0. The summed E-state index contributed by atoms with van der Waals surface area (Å²) < 4.78 is 13.1. The van der Waals surface area contributed by atoms with Crippen molar-refractivity contribution in [1.82, 2.24) is 10.2 Å². The van der Waals surface area contributed by atoms with Crippen molar-refractivity contribution in [1.29, 1.82) is 5.26 Å². The van der Waals surface area contributed by atoms with Gasteiger partial charge in [-0.2, -0.15) is 5.26 Å². The molecule has 0 saturated carbocycles. The number of benzene rings is 1. The summed E-state index contributed by atoms with van der Waals surface area (Å²) in [4.78, 5) is 2.12. The SMILES string of the molecule is CN(C)C(C)(C)CNCc1cc(F)ccc1C#N. The Hall–Kier alpha value is -1.44. The predicted octanol–water partition coefficient (Wildman–Crippen LogP) is 2.13. The third-order valence-electron chi connectivity index (χ3n) is 3.27. The molecule has 0 bridgehead atoms. The minimum Gasteiger partial charge on any atom is -0.311 e. The summed E-state index contributed by atoms with van der Waals surface area (Å²) in [7, 11) is 4.04. The molecule has 0 aliphatic heterocycles. The smallest absolute Gasteiger partial charge is 0.123 e. The molecule has 0 aliphatic rings. The normalized spacial score (nSPS) is 11.6. The van der Waals surface area contributed by atoms with Crippen LogP contribution in [0.1, 0.15) is 25.0 Å². The Morgan fingerprint density at radius 3 is 2.61 bits per heavy atom. The second kappa shape index (κ2) is 5.94. The van der Waals surface area contributed by atoms with E-state index >= 15 is 0 Å². The van der Waals surface area contributed by atoms with Crippen LogP contribution in [0.5, 0.6) is 0 Å². The highest BCUT2D eigenvalue weighted by Crippen LogP contribution is 2.12. The van der Waals surface area contributed by atoms with Gasteiger partial charge < -0.3 is 10.2 Å².